The summed E-state index contributed by atoms with van der Waals surface area (Å²) in [5, 5.41) is 5.39. The highest BCUT2D eigenvalue weighted by Gasteiger charge is 2.13. The van der Waals surface area contributed by atoms with E-state index in [9.17, 15) is 9.59 Å². The molecule has 11 nitrogen and oxygen atoms in total. The van der Waals surface area contributed by atoms with Gasteiger partial charge in [0, 0.05) is 18.3 Å². The second-order valence-corrected chi connectivity index (χ2v) is 8.73. The Morgan fingerprint density at radius 2 is 1.05 bits per heavy atom. The number of pyridine rings is 1. The topological polar surface area (TPSA) is 126 Å². The monoisotopic (exact) mass is 601 g/mol. The fourth-order valence-corrected chi connectivity index (χ4v) is 3.95. The van der Waals surface area contributed by atoms with Gasteiger partial charge >= 0.3 is 0 Å². The first kappa shape index (κ1) is 32.8. The number of methoxy groups -OCH3 is 6. The molecule has 2 N–H and O–H groups in total. The van der Waals surface area contributed by atoms with Gasteiger partial charge in [0.15, 0.2) is 28.8 Å². The number of ether oxygens (including phenoxy) is 6. The Hall–Kier alpha value is -5.71. The fraction of sp³-hybridized carbons (Fsp3) is 0.182. The molecule has 0 bridgehead atoms. The number of nitrogens with zero attached hydrogens (tertiary/aromatic N) is 1. The van der Waals surface area contributed by atoms with E-state index >= 15 is 0 Å². The van der Waals surface area contributed by atoms with E-state index < -0.39 is 11.8 Å². The summed E-state index contributed by atoms with van der Waals surface area (Å²) in [4.78, 5) is 29.3. The number of nitrogens with one attached hydrogen (secondary N) is 2. The third kappa shape index (κ3) is 8.89. The van der Waals surface area contributed by atoms with E-state index in [0.717, 1.165) is 11.1 Å². The van der Waals surface area contributed by atoms with Gasteiger partial charge < -0.3 is 39.1 Å². The number of rotatable bonds is 14. The fourth-order valence-electron chi connectivity index (χ4n) is 3.95. The minimum atomic E-state index is -0.433. The molecular weight excluding hydrogens is 566 g/mol. The van der Waals surface area contributed by atoms with Crippen LogP contribution in [0.4, 0.5) is 11.5 Å². The van der Waals surface area contributed by atoms with Gasteiger partial charge in [-0.25, -0.2) is 4.98 Å². The maximum Gasteiger partial charge on any atom is 0.249 e. The zero-order valence-electron chi connectivity index (χ0n) is 25.4. The van der Waals surface area contributed by atoms with Crippen LogP contribution in [-0.4, -0.2) is 59.5 Å². The highest BCUT2D eigenvalue weighted by Crippen LogP contribution is 2.39. The van der Waals surface area contributed by atoms with Gasteiger partial charge in [-0.2, -0.15) is 0 Å². The van der Waals surface area contributed by atoms with E-state index in [4.69, 9.17) is 28.4 Å². The van der Waals surface area contributed by atoms with Gasteiger partial charge in [0.25, 0.3) is 0 Å². The predicted molar refractivity (Wildman–Crippen MR) is 170 cm³/mol. The van der Waals surface area contributed by atoms with Crippen molar-refractivity contribution in [1.29, 1.82) is 0 Å². The van der Waals surface area contributed by atoms with Crippen molar-refractivity contribution in [2.24, 2.45) is 0 Å². The van der Waals surface area contributed by atoms with Crippen LogP contribution >= 0.6 is 0 Å². The van der Waals surface area contributed by atoms with Gasteiger partial charge in [-0.1, -0.05) is 36.5 Å². The third-order valence-electron chi connectivity index (χ3n) is 5.98. The number of amides is 2. The summed E-state index contributed by atoms with van der Waals surface area (Å²) < 4.78 is 32.1. The van der Waals surface area contributed by atoms with Crippen LogP contribution < -0.4 is 39.1 Å². The van der Waals surface area contributed by atoms with Crippen LogP contribution in [0.2, 0.25) is 0 Å². The maximum absolute atomic E-state index is 12.5. The molecule has 0 aliphatic heterocycles. The Labute approximate surface area is 256 Å². The lowest BCUT2D eigenvalue weighted by atomic mass is 10.1. The molecule has 44 heavy (non-hydrogen) atoms. The third-order valence-corrected chi connectivity index (χ3v) is 5.98. The molecule has 0 saturated carbocycles. The molecule has 0 aliphatic rings. The predicted octanol–water partition coefficient (Wildman–Crippen LogP) is 5.55. The Bertz CT molecular complexity index is 1410. The van der Waals surface area contributed by atoms with E-state index in [1.54, 1.807) is 72.9 Å². The molecule has 2 amide bonds. The molecule has 3 rings (SSSR count). The lowest BCUT2D eigenvalue weighted by Gasteiger charge is -2.12. The molecule has 1 heterocycles. The van der Waals surface area contributed by atoms with Crippen molar-refractivity contribution < 1.29 is 38.0 Å². The molecule has 0 saturated heterocycles. The van der Waals surface area contributed by atoms with Crippen LogP contribution in [0.3, 0.4) is 0 Å². The lowest BCUT2D eigenvalue weighted by molar-refractivity contribution is -0.112. The summed E-state index contributed by atoms with van der Waals surface area (Å²) in [5.41, 5.74) is 1.91. The van der Waals surface area contributed by atoms with Gasteiger partial charge in [-0.05, 0) is 47.5 Å². The van der Waals surface area contributed by atoms with E-state index in [0.29, 0.717) is 40.2 Å². The Morgan fingerprint density at radius 1 is 0.614 bits per heavy atom. The quantitative estimate of drug-likeness (QED) is 0.181. The minimum absolute atomic E-state index is 0.200. The number of anilines is 2. The first-order valence-electron chi connectivity index (χ1n) is 13.2. The summed E-state index contributed by atoms with van der Waals surface area (Å²) in [6.45, 7) is 0. The highest BCUT2D eigenvalue weighted by atomic mass is 16.5. The molecule has 0 aliphatic carbocycles. The number of hydrogen-bond acceptors (Lipinski definition) is 9. The summed E-state index contributed by atoms with van der Waals surface area (Å²) in [5.74, 6) is 2.40. The maximum atomic E-state index is 12.5. The van der Waals surface area contributed by atoms with Crippen molar-refractivity contribution in [3.05, 3.63) is 90.2 Å². The molecule has 1 aromatic heterocycles. The highest BCUT2D eigenvalue weighted by molar-refractivity contribution is 6.05. The Balaban J connectivity index is 1.61. The normalized spacial score (nSPS) is 11.2. The number of aromatic nitrogens is 1. The van der Waals surface area contributed by atoms with Crippen molar-refractivity contribution in [2.75, 3.05) is 53.3 Å². The molecule has 0 spiro atoms. The number of carbonyl (C=O) groups excluding carboxylic acids is 2. The first-order chi connectivity index (χ1) is 21.4. The van der Waals surface area contributed by atoms with Crippen molar-refractivity contribution in [3.8, 4) is 34.5 Å². The molecule has 0 fully saturated rings. The van der Waals surface area contributed by atoms with Gasteiger partial charge in [0.2, 0.25) is 23.3 Å². The zero-order valence-corrected chi connectivity index (χ0v) is 25.4. The van der Waals surface area contributed by atoms with Crippen molar-refractivity contribution >= 4 is 35.5 Å². The summed E-state index contributed by atoms with van der Waals surface area (Å²) in [6.07, 6.45) is 14.3. The first-order valence-corrected chi connectivity index (χ1v) is 13.2. The molecule has 0 atom stereocenters. The van der Waals surface area contributed by atoms with Gasteiger partial charge in [-0.15, -0.1) is 0 Å². The summed E-state index contributed by atoms with van der Waals surface area (Å²) in [7, 11) is 9.22. The second kappa shape index (κ2) is 16.7. The van der Waals surface area contributed by atoms with Crippen LogP contribution in [0.1, 0.15) is 11.1 Å². The van der Waals surface area contributed by atoms with Crippen molar-refractivity contribution in [3.63, 3.8) is 0 Å². The molecule has 0 unspecified atom stereocenters. The van der Waals surface area contributed by atoms with E-state index in [1.165, 1.54) is 61.0 Å². The molecule has 11 heteroatoms. The zero-order chi connectivity index (χ0) is 31.9. The molecule has 0 radical (unpaired) electrons. The number of allylic oxidation sites excluding steroid dienone is 4. The van der Waals surface area contributed by atoms with Gasteiger partial charge in [0.05, 0.1) is 48.3 Å². The van der Waals surface area contributed by atoms with Crippen molar-refractivity contribution in [2.45, 2.75) is 0 Å². The smallest absolute Gasteiger partial charge is 0.249 e. The van der Waals surface area contributed by atoms with Crippen LogP contribution in [0.5, 0.6) is 34.5 Å². The number of benzene rings is 2. The van der Waals surface area contributed by atoms with E-state index in [2.05, 4.69) is 15.6 Å². The molecule has 3 aromatic rings. The average Bonchev–Trinajstić information content (AvgIpc) is 3.04. The van der Waals surface area contributed by atoms with Crippen LogP contribution in [-0.2, 0) is 9.59 Å². The Kier molecular flexibility index (Phi) is 12.4. The Morgan fingerprint density at radius 3 is 1.45 bits per heavy atom. The second-order valence-electron chi connectivity index (χ2n) is 8.73. The average molecular weight is 602 g/mol. The lowest BCUT2D eigenvalue weighted by Crippen LogP contribution is -2.14. The van der Waals surface area contributed by atoms with Crippen LogP contribution in [0.25, 0.3) is 12.2 Å². The van der Waals surface area contributed by atoms with Crippen LogP contribution in [0.15, 0.2) is 79.1 Å². The van der Waals surface area contributed by atoms with E-state index in [1.807, 2.05) is 0 Å². The molecule has 230 valence electrons. The summed E-state index contributed by atoms with van der Waals surface area (Å²) in [6, 6.07) is 10.4. The number of carbonyl (C=O) groups is 2. The number of hydrogen-bond donors (Lipinski definition) is 2. The summed E-state index contributed by atoms with van der Waals surface area (Å²) >= 11 is 0. The van der Waals surface area contributed by atoms with Gasteiger partial charge in [-0.3, -0.25) is 9.59 Å². The molecular formula is C33H35N3O8. The van der Waals surface area contributed by atoms with Crippen LogP contribution in [0, 0.1) is 0 Å². The standard InChI is InChI=1S/C33H35N3O8/c1-39-25-18-22(19-26(40-2)31(25)43-5)12-7-9-15-29(37)35-24-14-11-17-34-33(24)36-30(38)16-10-8-13-23-20-27(41-3)32(44-6)28(21-23)42-4/h7-21H,1-6H3,(H,35,37)(H,34,36,38). The SMILES string of the molecule is COc1cc(C=CC=CC(=O)Nc2cccnc2NC(=O)C=CC=Cc2cc(OC)c(OC)c(OC)c2)cc(OC)c1OC. The minimum Gasteiger partial charge on any atom is -0.493 e. The largest absolute Gasteiger partial charge is 0.493 e. The van der Waals surface area contributed by atoms with E-state index in [-0.39, 0.29) is 5.82 Å². The van der Waals surface area contributed by atoms with Gasteiger partial charge in [0.1, 0.15) is 0 Å². The molecule has 2 aromatic carbocycles. The van der Waals surface area contributed by atoms with Crippen molar-refractivity contribution in [1.82, 2.24) is 4.98 Å².